The Bertz CT molecular complexity index is 830. The SMILES string of the molecule is CS(=O)(=Nc1ccc(-c2noc(C(F)(F)F)n2)cc1)C1CCCC1. The summed E-state index contributed by atoms with van der Waals surface area (Å²) in [4.78, 5) is 3.33. The second kappa shape index (κ2) is 6.19. The van der Waals surface area contributed by atoms with Gasteiger partial charge < -0.3 is 4.52 Å². The van der Waals surface area contributed by atoms with Crippen molar-refractivity contribution < 1.29 is 21.9 Å². The van der Waals surface area contributed by atoms with Gasteiger partial charge in [0.2, 0.25) is 5.82 Å². The first-order valence-electron chi connectivity index (χ1n) is 7.48. The Kier molecular flexibility index (Phi) is 4.37. The predicted molar refractivity (Wildman–Crippen MR) is 83.1 cm³/mol. The van der Waals surface area contributed by atoms with E-state index in [0.29, 0.717) is 11.3 Å². The Labute approximate surface area is 137 Å². The van der Waals surface area contributed by atoms with Crippen molar-refractivity contribution in [1.29, 1.82) is 0 Å². The van der Waals surface area contributed by atoms with Gasteiger partial charge in [0.05, 0.1) is 15.4 Å². The first-order valence-corrected chi connectivity index (χ1v) is 9.47. The molecule has 1 saturated carbocycles. The molecule has 0 amide bonds. The lowest BCUT2D eigenvalue weighted by molar-refractivity contribution is -0.159. The predicted octanol–water partition coefficient (Wildman–Crippen LogP) is 4.43. The highest BCUT2D eigenvalue weighted by atomic mass is 32.2. The van der Waals surface area contributed by atoms with Crippen LogP contribution in [0.25, 0.3) is 11.4 Å². The fourth-order valence-corrected chi connectivity index (χ4v) is 4.63. The molecule has 1 atom stereocenters. The third-order valence-electron chi connectivity index (χ3n) is 4.00. The normalized spacial score (nSPS) is 18.5. The number of nitrogens with zero attached hydrogens (tertiary/aromatic N) is 3. The van der Waals surface area contributed by atoms with E-state index < -0.39 is 21.8 Å². The van der Waals surface area contributed by atoms with Crippen molar-refractivity contribution in [2.45, 2.75) is 37.1 Å². The van der Waals surface area contributed by atoms with Crippen LogP contribution in [0, 0.1) is 0 Å². The molecule has 24 heavy (non-hydrogen) atoms. The van der Waals surface area contributed by atoms with Crippen LogP contribution >= 0.6 is 0 Å². The summed E-state index contributed by atoms with van der Waals surface area (Å²) < 4.78 is 58.7. The van der Waals surface area contributed by atoms with E-state index in [-0.39, 0.29) is 11.1 Å². The molecule has 1 aromatic carbocycles. The molecule has 1 unspecified atom stereocenters. The van der Waals surface area contributed by atoms with Crippen LogP contribution in [0.4, 0.5) is 18.9 Å². The summed E-state index contributed by atoms with van der Waals surface area (Å²) in [6.07, 6.45) is 0.966. The number of hydrogen-bond donors (Lipinski definition) is 0. The molecule has 0 aliphatic heterocycles. The molecule has 130 valence electrons. The number of benzene rings is 1. The van der Waals surface area contributed by atoms with E-state index in [9.17, 15) is 17.4 Å². The van der Waals surface area contributed by atoms with Gasteiger partial charge >= 0.3 is 12.1 Å². The van der Waals surface area contributed by atoms with Gasteiger partial charge in [-0.15, -0.1) is 0 Å². The van der Waals surface area contributed by atoms with Crippen molar-refractivity contribution in [3.63, 3.8) is 0 Å². The molecule has 0 spiro atoms. The first kappa shape index (κ1) is 16.9. The monoisotopic (exact) mass is 359 g/mol. The van der Waals surface area contributed by atoms with E-state index in [1.54, 1.807) is 18.4 Å². The maximum Gasteiger partial charge on any atom is 0.471 e. The van der Waals surface area contributed by atoms with Gasteiger partial charge in [-0.25, -0.2) is 4.21 Å². The Balaban J connectivity index is 1.83. The summed E-state index contributed by atoms with van der Waals surface area (Å²) in [6, 6.07) is 6.26. The van der Waals surface area contributed by atoms with Crippen molar-refractivity contribution in [2.75, 3.05) is 6.26 Å². The zero-order valence-electron chi connectivity index (χ0n) is 12.9. The topological polar surface area (TPSA) is 68.3 Å². The fraction of sp³-hybridized carbons (Fsp3) is 0.467. The molecular formula is C15H16F3N3O2S. The minimum Gasteiger partial charge on any atom is -0.329 e. The Morgan fingerprint density at radius 1 is 1.21 bits per heavy atom. The minimum absolute atomic E-state index is 0.101. The molecule has 0 N–H and O–H groups in total. The molecular weight excluding hydrogens is 343 g/mol. The number of alkyl halides is 3. The number of rotatable bonds is 3. The van der Waals surface area contributed by atoms with E-state index >= 15 is 0 Å². The van der Waals surface area contributed by atoms with Gasteiger partial charge in [0.1, 0.15) is 0 Å². The van der Waals surface area contributed by atoms with Crippen molar-refractivity contribution in [3.05, 3.63) is 30.2 Å². The minimum atomic E-state index is -4.67. The molecule has 9 heteroatoms. The standard InChI is InChI=1S/C15H16F3N3O2S/c1-24(22,12-4-2-3-5-12)21-11-8-6-10(7-9-11)13-19-14(23-20-13)15(16,17)18/h6-9,12H,2-5H2,1H3. The molecule has 2 aromatic rings. The third-order valence-corrected chi connectivity index (χ3v) is 6.28. The summed E-state index contributed by atoms with van der Waals surface area (Å²) in [5.41, 5.74) is 0.898. The van der Waals surface area contributed by atoms with Gasteiger partial charge in [-0.05, 0) is 37.1 Å². The van der Waals surface area contributed by atoms with Gasteiger partial charge in [0, 0.05) is 17.1 Å². The molecule has 0 saturated heterocycles. The summed E-state index contributed by atoms with van der Waals surface area (Å²) in [5, 5.41) is 3.43. The van der Waals surface area contributed by atoms with Crippen LogP contribution in [-0.2, 0) is 15.9 Å². The number of hydrogen-bond acceptors (Lipinski definition) is 5. The molecule has 5 nitrogen and oxygen atoms in total. The van der Waals surface area contributed by atoms with Crippen molar-refractivity contribution >= 4 is 15.4 Å². The van der Waals surface area contributed by atoms with E-state index in [2.05, 4.69) is 19.0 Å². The third kappa shape index (κ3) is 3.61. The lowest BCUT2D eigenvalue weighted by Gasteiger charge is -2.11. The van der Waals surface area contributed by atoms with E-state index in [0.717, 1.165) is 25.7 Å². The molecule has 1 aromatic heterocycles. The molecule has 0 bridgehead atoms. The maximum absolute atomic E-state index is 12.7. The average Bonchev–Trinajstić information content (AvgIpc) is 3.19. The number of halogens is 3. The lowest BCUT2D eigenvalue weighted by atomic mass is 10.2. The van der Waals surface area contributed by atoms with Crippen LogP contribution < -0.4 is 0 Å². The highest BCUT2D eigenvalue weighted by molar-refractivity contribution is 7.93. The van der Waals surface area contributed by atoms with Gasteiger partial charge in [0.15, 0.2) is 0 Å². The Morgan fingerprint density at radius 2 is 1.83 bits per heavy atom. The van der Waals surface area contributed by atoms with Gasteiger partial charge in [-0.1, -0.05) is 18.0 Å². The highest BCUT2D eigenvalue weighted by Crippen LogP contribution is 2.31. The van der Waals surface area contributed by atoms with Crippen LogP contribution in [0.2, 0.25) is 0 Å². The molecule has 1 heterocycles. The summed E-state index contributed by atoms with van der Waals surface area (Å²) in [5.74, 6) is -1.54. The largest absolute Gasteiger partial charge is 0.471 e. The second-order valence-electron chi connectivity index (χ2n) is 5.83. The van der Waals surface area contributed by atoms with Gasteiger partial charge in [-0.3, -0.25) is 0 Å². The molecule has 0 radical (unpaired) electrons. The highest BCUT2D eigenvalue weighted by Gasteiger charge is 2.38. The molecule has 1 fully saturated rings. The van der Waals surface area contributed by atoms with Crippen molar-refractivity contribution in [2.24, 2.45) is 4.36 Å². The van der Waals surface area contributed by atoms with Crippen LogP contribution in [0.5, 0.6) is 0 Å². The number of aromatic nitrogens is 2. The van der Waals surface area contributed by atoms with Crippen LogP contribution in [0.1, 0.15) is 31.6 Å². The second-order valence-corrected chi connectivity index (χ2v) is 8.40. The molecule has 1 aliphatic carbocycles. The lowest BCUT2D eigenvalue weighted by Crippen LogP contribution is -2.14. The van der Waals surface area contributed by atoms with Crippen LogP contribution in [0.3, 0.4) is 0 Å². The average molecular weight is 359 g/mol. The molecule has 3 rings (SSSR count). The summed E-state index contributed by atoms with van der Waals surface area (Å²) >= 11 is 0. The zero-order chi connectivity index (χ0) is 17.4. The zero-order valence-corrected chi connectivity index (χ0v) is 13.7. The van der Waals surface area contributed by atoms with Gasteiger partial charge in [0.25, 0.3) is 0 Å². The fourth-order valence-electron chi connectivity index (χ4n) is 2.74. The first-order chi connectivity index (χ1) is 11.3. The van der Waals surface area contributed by atoms with Gasteiger partial charge in [-0.2, -0.15) is 22.5 Å². The Morgan fingerprint density at radius 3 is 2.38 bits per heavy atom. The maximum atomic E-state index is 12.7. The van der Waals surface area contributed by atoms with Crippen LogP contribution in [-0.4, -0.2) is 25.9 Å². The van der Waals surface area contributed by atoms with E-state index in [1.165, 1.54) is 12.1 Å². The van der Waals surface area contributed by atoms with Crippen molar-refractivity contribution in [1.82, 2.24) is 10.1 Å². The molecule has 1 aliphatic rings. The van der Waals surface area contributed by atoms with E-state index in [4.69, 9.17) is 0 Å². The summed E-state index contributed by atoms with van der Waals surface area (Å²) in [6.45, 7) is 0. The summed E-state index contributed by atoms with van der Waals surface area (Å²) in [7, 11) is -2.33. The van der Waals surface area contributed by atoms with Crippen molar-refractivity contribution in [3.8, 4) is 11.4 Å². The smallest absolute Gasteiger partial charge is 0.329 e. The van der Waals surface area contributed by atoms with E-state index in [1.807, 2.05) is 0 Å². The van der Waals surface area contributed by atoms with Crippen LogP contribution in [0.15, 0.2) is 33.2 Å². The quantitative estimate of drug-likeness (QED) is 0.813. The Hall–Kier alpha value is -1.90.